The Bertz CT molecular complexity index is 244. The van der Waals surface area contributed by atoms with Gasteiger partial charge in [-0.2, -0.15) is 0 Å². The second kappa shape index (κ2) is 0.714. The molecule has 6 atom stereocenters. The van der Waals surface area contributed by atoms with Crippen LogP contribution in [-0.4, -0.2) is 10.1 Å². The van der Waals surface area contributed by atoms with Gasteiger partial charge in [0.2, 0.25) is 0 Å². The van der Waals surface area contributed by atoms with Crippen LogP contribution in [0.4, 0.5) is 0 Å². The van der Waals surface area contributed by atoms with Crippen LogP contribution in [0.15, 0.2) is 0 Å². The molecule has 1 nitrogen and oxygen atoms in total. The van der Waals surface area contributed by atoms with Crippen molar-refractivity contribution in [2.45, 2.75) is 4.32 Å². The van der Waals surface area contributed by atoms with E-state index >= 15 is 0 Å². The Hall–Kier alpha value is 0.150. The highest BCUT2D eigenvalue weighted by Gasteiger charge is 2.99. The molecule has 0 N–H and O–H groups in total. The Labute approximate surface area is 60.9 Å². The number of alkyl halides is 1. The summed E-state index contributed by atoms with van der Waals surface area (Å²) in [6, 6.07) is 0. The van der Waals surface area contributed by atoms with Crippen molar-refractivity contribution in [2.75, 3.05) is 0 Å². The summed E-state index contributed by atoms with van der Waals surface area (Å²) in [5, 5.41) is 0. The Morgan fingerprint density at radius 2 is 1.89 bits per heavy atom. The minimum Gasteiger partial charge on any atom is -0.298 e. The Kier molecular flexibility index (Phi) is 0.327. The van der Waals surface area contributed by atoms with Crippen LogP contribution in [0.3, 0.4) is 0 Å². The quantitative estimate of drug-likeness (QED) is 0.510. The highest BCUT2D eigenvalue weighted by atomic mass is 79.9. The van der Waals surface area contributed by atoms with Gasteiger partial charge in [-0.15, -0.1) is 0 Å². The van der Waals surface area contributed by atoms with Gasteiger partial charge in [0.05, 0.1) is 4.32 Å². The predicted molar refractivity (Wildman–Crippen MR) is 34.1 cm³/mol. The molecule has 2 bridgehead atoms. The van der Waals surface area contributed by atoms with Crippen LogP contribution in [-0.2, 0) is 4.79 Å². The maximum absolute atomic E-state index is 11.3. The highest BCUT2D eigenvalue weighted by Crippen LogP contribution is 2.94. The van der Waals surface area contributed by atoms with Gasteiger partial charge in [0, 0.05) is 5.92 Å². The lowest BCUT2D eigenvalue weighted by atomic mass is 10.0. The fraction of sp³-hybridized carbons (Fsp3) is 0.857. The molecule has 0 aromatic rings. The van der Waals surface area contributed by atoms with Crippen LogP contribution in [0.1, 0.15) is 0 Å². The standard InChI is InChI=1S/C7H5BrO/c8-7-4-1-2(5(4)7)3(1)6(7)9/h1-5H/t1-,2+,3?,4-,5+,7?. The van der Waals surface area contributed by atoms with Gasteiger partial charge in [-0.3, -0.25) is 4.79 Å². The first-order valence-electron chi connectivity index (χ1n) is 3.51. The van der Waals surface area contributed by atoms with E-state index < -0.39 is 0 Å². The largest absolute Gasteiger partial charge is 0.298 e. The third-order valence-corrected chi connectivity index (χ3v) is 5.34. The molecular formula is C7H5BrO. The van der Waals surface area contributed by atoms with E-state index in [0.29, 0.717) is 11.7 Å². The molecule has 0 saturated heterocycles. The van der Waals surface area contributed by atoms with Gasteiger partial charge in [-0.05, 0) is 23.7 Å². The summed E-state index contributed by atoms with van der Waals surface area (Å²) >= 11 is 3.56. The molecule has 2 heteroatoms. The van der Waals surface area contributed by atoms with Gasteiger partial charge >= 0.3 is 0 Å². The average Bonchev–Trinajstić information content (AvgIpc) is 2.38. The van der Waals surface area contributed by atoms with Crippen molar-refractivity contribution in [3.8, 4) is 0 Å². The zero-order valence-electron chi connectivity index (χ0n) is 4.67. The van der Waals surface area contributed by atoms with E-state index in [0.717, 1.165) is 23.7 Å². The predicted octanol–water partition coefficient (Wildman–Crippen LogP) is 0.825. The summed E-state index contributed by atoms with van der Waals surface area (Å²) in [6.07, 6.45) is 0. The first-order chi connectivity index (χ1) is 4.28. The molecule has 5 fully saturated rings. The monoisotopic (exact) mass is 184 g/mol. The molecule has 2 unspecified atom stereocenters. The molecule has 5 aliphatic carbocycles. The number of hydrogen-bond donors (Lipinski definition) is 0. The average molecular weight is 185 g/mol. The molecule has 0 amide bonds. The van der Waals surface area contributed by atoms with Crippen molar-refractivity contribution in [1.82, 2.24) is 0 Å². The molecule has 0 aromatic heterocycles. The molecule has 5 aliphatic rings. The van der Waals surface area contributed by atoms with E-state index in [1.54, 1.807) is 0 Å². The first kappa shape index (κ1) is 4.12. The molecule has 46 valence electrons. The second-order valence-electron chi connectivity index (χ2n) is 3.86. The lowest BCUT2D eigenvalue weighted by Crippen LogP contribution is -2.11. The van der Waals surface area contributed by atoms with Gasteiger partial charge in [0.1, 0.15) is 0 Å². The van der Waals surface area contributed by atoms with Crippen LogP contribution in [0.2, 0.25) is 0 Å². The van der Waals surface area contributed by atoms with E-state index in [1.165, 1.54) is 0 Å². The van der Waals surface area contributed by atoms with Gasteiger partial charge in [-0.1, -0.05) is 15.9 Å². The normalized spacial score (nSPS) is 85.9. The van der Waals surface area contributed by atoms with Crippen molar-refractivity contribution in [3.05, 3.63) is 0 Å². The molecule has 9 heavy (non-hydrogen) atoms. The van der Waals surface area contributed by atoms with Gasteiger partial charge in [0.25, 0.3) is 0 Å². The first-order valence-corrected chi connectivity index (χ1v) is 4.30. The lowest BCUT2D eigenvalue weighted by molar-refractivity contribution is -0.118. The van der Waals surface area contributed by atoms with Crippen LogP contribution < -0.4 is 0 Å². The highest BCUT2D eigenvalue weighted by molar-refractivity contribution is 9.10. The fourth-order valence-corrected chi connectivity index (χ4v) is 4.83. The van der Waals surface area contributed by atoms with Crippen LogP contribution in [0.5, 0.6) is 0 Å². The Morgan fingerprint density at radius 3 is 2.00 bits per heavy atom. The summed E-state index contributed by atoms with van der Waals surface area (Å²) < 4.78 is 0.0625. The van der Waals surface area contributed by atoms with E-state index in [4.69, 9.17) is 0 Å². The number of ketones is 1. The summed E-state index contributed by atoms with van der Waals surface area (Å²) in [6.45, 7) is 0. The fourth-order valence-electron chi connectivity index (χ4n) is 3.52. The minimum absolute atomic E-state index is 0.0625. The van der Waals surface area contributed by atoms with Gasteiger partial charge in [-0.25, -0.2) is 0 Å². The van der Waals surface area contributed by atoms with Crippen molar-refractivity contribution >= 4 is 21.7 Å². The van der Waals surface area contributed by atoms with Crippen molar-refractivity contribution in [3.63, 3.8) is 0 Å². The Balaban J connectivity index is 2.13. The number of Topliss-reactive ketones (excluding diaryl/α,β-unsaturated/α-hetero) is 1. The molecule has 0 heterocycles. The van der Waals surface area contributed by atoms with Crippen LogP contribution >= 0.6 is 15.9 Å². The number of rotatable bonds is 0. The third kappa shape index (κ3) is 0.174. The summed E-state index contributed by atoms with van der Waals surface area (Å²) in [5.74, 6) is 4.43. The van der Waals surface area contributed by atoms with Gasteiger partial charge < -0.3 is 0 Å². The smallest absolute Gasteiger partial charge is 0.153 e. The van der Waals surface area contributed by atoms with Crippen LogP contribution in [0.25, 0.3) is 0 Å². The molecular weight excluding hydrogens is 180 g/mol. The molecule has 0 aliphatic heterocycles. The summed E-state index contributed by atoms with van der Waals surface area (Å²) in [4.78, 5) is 11.3. The number of halogens is 1. The van der Waals surface area contributed by atoms with Crippen molar-refractivity contribution in [1.29, 1.82) is 0 Å². The van der Waals surface area contributed by atoms with Crippen molar-refractivity contribution < 1.29 is 4.79 Å². The third-order valence-electron chi connectivity index (χ3n) is 3.89. The SMILES string of the molecule is O=C1C2[C@@H]3[C@H]2[C@@H]2[C@H]3C12Br. The van der Waals surface area contributed by atoms with E-state index in [-0.39, 0.29) is 4.32 Å². The topological polar surface area (TPSA) is 17.1 Å². The molecule has 5 rings (SSSR count). The van der Waals surface area contributed by atoms with E-state index in [9.17, 15) is 4.79 Å². The zero-order chi connectivity index (χ0) is 5.96. The number of carbonyl (C=O) groups is 1. The van der Waals surface area contributed by atoms with Crippen LogP contribution in [0, 0.1) is 29.6 Å². The zero-order valence-corrected chi connectivity index (χ0v) is 6.26. The summed E-state index contributed by atoms with van der Waals surface area (Å²) in [7, 11) is 0. The molecule has 0 spiro atoms. The maximum atomic E-state index is 11.3. The molecule has 0 aromatic carbocycles. The second-order valence-corrected chi connectivity index (χ2v) is 5.18. The lowest BCUT2D eigenvalue weighted by Gasteiger charge is -2.02. The Morgan fingerprint density at radius 1 is 1.33 bits per heavy atom. The number of carbonyl (C=O) groups excluding carboxylic acids is 1. The molecule has 5 saturated carbocycles. The van der Waals surface area contributed by atoms with E-state index in [1.807, 2.05) is 0 Å². The molecule has 0 radical (unpaired) electrons. The summed E-state index contributed by atoms with van der Waals surface area (Å²) in [5.41, 5.74) is 0. The van der Waals surface area contributed by atoms with Crippen molar-refractivity contribution in [2.24, 2.45) is 29.6 Å². The van der Waals surface area contributed by atoms with Gasteiger partial charge in [0.15, 0.2) is 5.78 Å². The maximum Gasteiger partial charge on any atom is 0.153 e. The minimum atomic E-state index is 0.0625. The van der Waals surface area contributed by atoms with E-state index in [2.05, 4.69) is 15.9 Å². The number of hydrogen-bond acceptors (Lipinski definition) is 1.